The third-order valence-corrected chi connectivity index (χ3v) is 4.03. The summed E-state index contributed by atoms with van der Waals surface area (Å²) in [6, 6.07) is 7.64. The molecule has 0 radical (unpaired) electrons. The topological polar surface area (TPSA) is 70.4 Å². The lowest BCUT2D eigenvalue weighted by atomic mass is 10.1. The standard InChI is InChI=1S/C15H20N4O2/c1-2-19-13-6-4-3-5-11(13)12(17-19)10-18-8-7-16-9-14(18)15(20)21/h3-6,14,16H,2,7-10H2,1H3,(H,20,21). The lowest BCUT2D eigenvalue weighted by molar-refractivity contribution is -0.144. The quantitative estimate of drug-likeness (QED) is 0.875. The molecule has 1 aromatic heterocycles. The van der Waals surface area contributed by atoms with Crippen molar-refractivity contribution in [3.63, 3.8) is 0 Å². The van der Waals surface area contributed by atoms with E-state index in [0.717, 1.165) is 36.2 Å². The number of aryl methyl sites for hydroxylation is 1. The summed E-state index contributed by atoms with van der Waals surface area (Å²) < 4.78 is 1.97. The van der Waals surface area contributed by atoms with Gasteiger partial charge in [-0.15, -0.1) is 0 Å². The van der Waals surface area contributed by atoms with Crippen LogP contribution in [-0.4, -0.2) is 51.4 Å². The number of hydrogen-bond acceptors (Lipinski definition) is 4. The molecule has 112 valence electrons. The van der Waals surface area contributed by atoms with Crippen LogP contribution in [0.4, 0.5) is 0 Å². The number of nitrogens with zero attached hydrogens (tertiary/aromatic N) is 3. The summed E-state index contributed by atoms with van der Waals surface area (Å²) >= 11 is 0. The fraction of sp³-hybridized carbons (Fsp3) is 0.467. The number of nitrogens with one attached hydrogen (secondary N) is 1. The van der Waals surface area contributed by atoms with Gasteiger partial charge in [-0.1, -0.05) is 18.2 Å². The molecule has 1 fully saturated rings. The van der Waals surface area contributed by atoms with E-state index < -0.39 is 12.0 Å². The highest BCUT2D eigenvalue weighted by Gasteiger charge is 2.29. The summed E-state index contributed by atoms with van der Waals surface area (Å²) in [5, 5.41) is 18.3. The van der Waals surface area contributed by atoms with Crippen LogP contribution in [0.15, 0.2) is 24.3 Å². The lowest BCUT2D eigenvalue weighted by Crippen LogP contribution is -2.54. The Hall–Kier alpha value is -1.92. The van der Waals surface area contributed by atoms with Gasteiger partial charge < -0.3 is 10.4 Å². The van der Waals surface area contributed by atoms with Crippen molar-refractivity contribution < 1.29 is 9.90 Å². The van der Waals surface area contributed by atoms with E-state index in [2.05, 4.69) is 29.5 Å². The second-order valence-corrected chi connectivity index (χ2v) is 5.31. The predicted octanol–water partition coefficient (Wildman–Crippen LogP) is 0.915. The number of carboxylic acids is 1. The van der Waals surface area contributed by atoms with Gasteiger partial charge in [0, 0.05) is 38.1 Å². The van der Waals surface area contributed by atoms with Crippen LogP contribution in [0.1, 0.15) is 12.6 Å². The molecule has 6 heteroatoms. The summed E-state index contributed by atoms with van der Waals surface area (Å²) in [5.74, 6) is -0.776. The van der Waals surface area contributed by atoms with Crippen LogP contribution in [0.3, 0.4) is 0 Å². The van der Waals surface area contributed by atoms with Crippen molar-refractivity contribution >= 4 is 16.9 Å². The van der Waals surface area contributed by atoms with Gasteiger partial charge in [-0.3, -0.25) is 14.4 Å². The fourth-order valence-electron chi connectivity index (χ4n) is 2.93. The molecule has 0 spiro atoms. The van der Waals surface area contributed by atoms with E-state index in [1.807, 2.05) is 21.7 Å². The molecule has 3 rings (SSSR count). The fourth-order valence-corrected chi connectivity index (χ4v) is 2.93. The summed E-state index contributed by atoms with van der Waals surface area (Å²) in [6.07, 6.45) is 0. The Morgan fingerprint density at radius 2 is 2.29 bits per heavy atom. The number of aliphatic carboxylic acids is 1. The van der Waals surface area contributed by atoms with Crippen LogP contribution in [-0.2, 0) is 17.9 Å². The molecule has 1 aromatic carbocycles. The Labute approximate surface area is 123 Å². The van der Waals surface area contributed by atoms with Gasteiger partial charge in [0.2, 0.25) is 0 Å². The molecule has 1 saturated heterocycles. The van der Waals surface area contributed by atoms with Crippen molar-refractivity contribution in [3.05, 3.63) is 30.0 Å². The zero-order chi connectivity index (χ0) is 14.8. The zero-order valence-electron chi connectivity index (χ0n) is 12.1. The highest BCUT2D eigenvalue weighted by molar-refractivity contribution is 5.82. The van der Waals surface area contributed by atoms with Crippen molar-refractivity contribution in [3.8, 4) is 0 Å². The molecule has 6 nitrogen and oxygen atoms in total. The first-order valence-corrected chi connectivity index (χ1v) is 7.32. The van der Waals surface area contributed by atoms with E-state index in [0.29, 0.717) is 13.1 Å². The van der Waals surface area contributed by atoms with Gasteiger partial charge in [0.1, 0.15) is 6.04 Å². The maximum Gasteiger partial charge on any atom is 0.322 e. The van der Waals surface area contributed by atoms with E-state index in [1.54, 1.807) is 0 Å². The summed E-state index contributed by atoms with van der Waals surface area (Å²) in [6.45, 7) is 5.48. The Morgan fingerprint density at radius 1 is 1.48 bits per heavy atom. The molecule has 2 N–H and O–H groups in total. The van der Waals surface area contributed by atoms with Gasteiger partial charge >= 0.3 is 5.97 Å². The maximum absolute atomic E-state index is 11.4. The molecule has 2 aromatic rings. The second-order valence-electron chi connectivity index (χ2n) is 5.31. The number of benzene rings is 1. The smallest absolute Gasteiger partial charge is 0.322 e. The van der Waals surface area contributed by atoms with Crippen LogP contribution < -0.4 is 5.32 Å². The molecule has 1 aliphatic heterocycles. The highest BCUT2D eigenvalue weighted by Crippen LogP contribution is 2.21. The predicted molar refractivity (Wildman–Crippen MR) is 80.1 cm³/mol. The van der Waals surface area contributed by atoms with Crippen LogP contribution in [0.5, 0.6) is 0 Å². The van der Waals surface area contributed by atoms with Gasteiger partial charge in [-0.2, -0.15) is 5.10 Å². The van der Waals surface area contributed by atoms with E-state index in [-0.39, 0.29) is 0 Å². The van der Waals surface area contributed by atoms with Gasteiger partial charge in [0.15, 0.2) is 0 Å². The molecule has 0 amide bonds. The number of rotatable bonds is 4. The number of hydrogen-bond donors (Lipinski definition) is 2. The minimum atomic E-state index is -0.776. The number of carbonyl (C=O) groups is 1. The number of carboxylic acid groups (broad SMARTS) is 1. The molecular formula is C15H20N4O2. The number of fused-ring (bicyclic) bond motifs is 1. The minimum absolute atomic E-state index is 0.482. The van der Waals surface area contributed by atoms with E-state index in [9.17, 15) is 9.90 Å². The Bertz CT molecular complexity index is 652. The van der Waals surface area contributed by atoms with Crippen molar-refractivity contribution in [2.75, 3.05) is 19.6 Å². The van der Waals surface area contributed by atoms with E-state index in [4.69, 9.17) is 0 Å². The van der Waals surface area contributed by atoms with Crippen molar-refractivity contribution in [1.82, 2.24) is 20.0 Å². The lowest BCUT2D eigenvalue weighted by Gasteiger charge is -2.32. The first-order chi connectivity index (χ1) is 10.2. The Balaban J connectivity index is 1.92. The molecule has 0 bridgehead atoms. The first-order valence-electron chi connectivity index (χ1n) is 7.32. The number of piperazine rings is 1. The SMILES string of the molecule is CCn1nc(CN2CCNCC2C(=O)O)c2ccccc21. The number of para-hydroxylation sites is 1. The third-order valence-electron chi connectivity index (χ3n) is 4.03. The third kappa shape index (κ3) is 2.64. The van der Waals surface area contributed by atoms with Crippen LogP contribution in [0.25, 0.3) is 10.9 Å². The number of aromatic nitrogens is 2. The van der Waals surface area contributed by atoms with Crippen LogP contribution in [0.2, 0.25) is 0 Å². The van der Waals surface area contributed by atoms with Gasteiger partial charge in [0.05, 0.1) is 11.2 Å². The van der Waals surface area contributed by atoms with Gasteiger partial charge in [-0.25, -0.2) is 0 Å². The normalized spacial score (nSPS) is 20.0. The molecule has 1 aliphatic rings. The highest BCUT2D eigenvalue weighted by atomic mass is 16.4. The monoisotopic (exact) mass is 288 g/mol. The summed E-state index contributed by atoms with van der Waals surface area (Å²) in [7, 11) is 0. The average Bonchev–Trinajstić information content (AvgIpc) is 2.86. The van der Waals surface area contributed by atoms with Crippen LogP contribution >= 0.6 is 0 Å². The van der Waals surface area contributed by atoms with Crippen molar-refractivity contribution in [2.24, 2.45) is 0 Å². The zero-order valence-corrected chi connectivity index (χ0v) is 12.1. The Kier molecular flexibility index (Phi) is 3.90. The second kappa shape index (κ2) is 5.83. The molecule has 0 aliphatic carbocycles. The van der Waals surface area contributed by atoms with Gasteiger partial charge in [-0.05, 0) is 13.0 Å². The minimum Gasteiger partial charge on any atom is -0.480 e. The molecule has 21 heavy (non-hydrogen) atoms. The van der Waals surface area contributed by atoms with Gasteiger partial charge in [0.25, 0.3) is 0 Å². The summed E-state index contributed by atoms with van der Waals surface area (Å²) in [4.78, 5) is 13.4. The van der Waals surface area contributed by atoms with Crippen LogP contribution in [0, 0.1) is 0 Å². The van der Waals surface area contributed by atoms with E-state index in [1.165, 1.54) is 0 Å². The van der Waals surface area contributed by atoms with Crippen molar-refractivity contribution in [1.29, 1.82) is 0 Å². The maximum atomic E-state index is 11.4. The van der Waals surface area contributed by atoms with Crippen molar-refractivity contribution in [2.45, 2.75) is 26.1 Å². The molecule has 2 heterocycles. The molecule has 1 unspecified atom stereocenters. The largest absolute Gasteiger partial charge is 0.480 e. The molecule has 1 atom stereocenters. The average molecular weight is 288 g/mol. The molecule has 0 saturated carbocycles. The Morgan fingerprint density at radius 3 is 3.05 bits per heavy atom. The summed E-state index contributed by atoms with van der Waals surface area (Å²) in [5.41, 5.74) is 2.07. The first kappa shape index (κ1) is 14.0. The van der Waals surface area contributed by atoms with E-state index >= 15 is 0 Å². The molecular weight excluding hydrogens is 268 g/mol.